The molecule has 5 heteroatoms. The first-order chi connectivity index (χ1) is 13.2. The molecule has 0 spiro atoms. The number of fused-ring (bicyclic) bond motifs is 4. The maximum atomic E-state index is 9.23. The highest BCUT2D eigenvalue weighted by molar-refractivity contribution is 6.34. The van der Waals surface area contributed by atoms with Gasteiger partial charge in [0.1, 0.15) is 5.75 Å². The number of rotatable bonds is 3. The lowest BCUT2D eigenvalue weighted by Gasteiger charge is -2.15. The molecule has 1 aromatic heterocycles. The van der Waals surface area contributed by atoms with Gasteiger partial charge in [-0.3, -0.25) is 0 Å². The zero-order chi connectivity index (χ0) is 18.4. The lowest BCUT2D eigenvalue weighted by Crippen LogP contribution is -2.20. The zero-order valence-corrected chi connectivity index (χ0v) is 14.4. The first-order valence-electron chi connectivity index (χ1n) is 8.77. The minimum Gasteiger partial charge on any atom is -0.512 e. The van der Waals surface area contributed by atoms with Gasteiger partial charge in [0.05, 0.1) is 16.7 Å². The Morgan fingerprint density at radius 1 is 0.593 bits per heavy atom. The Morgan fingerprint density at radius 3 is 1.70 bits per heavy atom. The van der Waals surface area contributed by atoms with Crippen molar-refractivity contribution < 1.29 is 14.7 Å². The first-order valence-corrected chi connectivity index (χ1v) is 8.77. The van der Waals surface area contributed by atoms with Gasteiger partial charge in [-0.15, -0.1) is 0 Å². The smallest absolute Gasteiger partial charge is 0.512 e. The maximum Gasteiger partial charge on any atom is 0.707 e. The van der Waals surface area contributed by atoms with E-state index < -0.39 is 7.32 Å². The standard InChI is InChI=1S/C22H16BNO3/c25-23(26)27-22-14-13-21(17-9-1-2-10-18(17)22)24-19-11-5-3-7-15(19)16-8-4-6-12-20(16)24/h1-14,25-26H. The number of hydrogen-bond donors (Lipinski definition) is 2. The molecule has 130 valence electrons. The van der Waals surface area contributed by atoms with Gasteiger partial charge in [-0.25, -0.2) is 0 Å². The Morgan fingerprint density at radius 2 is 1.11 bits per heavy atom. The monoisotopic (exact) mass is 353 g/mol. The van der Waals surface area contributed by atoms with Crippen molar-refractivity contribution in [2.45, 2.75) is 0 Å². The second kappa shape index (κ2) is 6.16. The second-order valence-electron chi connectivity index (χ2n) is 6.44. The van der Waals surface area contributed by atoms with Crippen LogP contribution in [0.5, 0.6) is 5.75 Å². The molecule has 27 heavy (non-hydrogen) atoms. The van der Waals surface area contributed by atoms with Crippen molar-refractivity contribution in [1.29, 1.82) is 0 Å². The molecule has 1 heterocycles. The van der Waals surface area contributed by atoms with Crippen LogP contribution in [0.25, 0.3) is 38.3 Å². The van der Waals surface area contributed by atoms with E-state index in [2.05, 4.69) is 41.0 Å². The van der Waals surface area contributed by atoms with Gasteiger partial charge in [-0.05, 0) is 24.3 Å². The molecular weight excluding hydrogens is 337 g/mol. The summed E-state index contributed by atoms with van der Waals surface area (Å²) in [7, 11) is -1.85. The van der Waals surface area contributed by atoms with Crippen LogP contribution in [0.3, 0.4) is 0 Å². The molecule has 5 rings (SSSR count). The van der Waals surface area contributed by atoms with E-state index in [1.807, 2.05) is 42.5 Å². The maximum absolute atomic E-state index is 9.23. The Balaban J connectivity index is 1.89. The van der Waals surface area contributed by atoms with E-state index in [1.165, 1.54) is 10.8 Å². The Hall–Kier alpha value is -3.28. The summed E-state index contributed by atoms with van der Waals surface area (Å²) in [5.41, 5.74) is 3.27. The molecule has 0 saturated carbocycles. The van der Waals surface area contributed by atoms with Crippen LogP contribution in [0.2, 0.25) is 0 Å². The number of benzene rings is 4. The molecule has 0 aliphatic rings. The Labute approximate surface area is 156 Å². The predicted octanol–water partition coefficient (Wildman–Crippen LogP) is 4.29. The second-order valence-corrected chi connectivity index (χ2v) is 6.44. The molecule has 0 aliphatic heterocycles. The third-order valence-corrected chi connectivity index (χ3v) is 4.91. The average Bonchev–Trinajstić information content (AvgIpc) is 3.03. The summed E-state index contributed by atoms with van der Waals surface area (Å²) in [4.78, 5) is 0. The van der Waals surface area contributed by atoms with E-state index in [1.54, 1.807) is 6.07 Å². The van der Waals surface area contributed by atoms with Crippen LogP contribution in [0.4, 0.5) is 0 Å². The van der Waals surface area contributed by atoms with Crippen molar-refractivity contribution in [2.75, 3.05) is 0 Å². The topological polar surface area (TPSA) is 54.6 Å². The number of nitrogens with zero attached hydrogens (tertiary/aromatic N) is 1. The van der Waals surface area contributed by atoms with Gasteiger partial charge in [-0.2, -0.15) is 0 Å². The molecule has 0 saturated heterocycles. The largest absolute Gasteiger partial charge is 0.707 e. The van der Waals surface area contributed by atoms with Gasteiger partial charge in [0.15, 0.2) is 0 Å². The highest BCUT2D eigenvalue weighted by atomic mass is 16.6. The number of para-hydroxylation sites is 2. The van der Waals surface area contributed by atoms with Crippen LogP contribution >= 0.6 is 0 Å². The molecule has 0 atom stereocenters. The molecule has 0 unspecified atom stereocenters. The van der Waals surface area contributed by atoms with Crippen LogP contribution in [0.1, 0.15) is 0 Å². The molecule has 0 fully saturated rings. The molecule has 0 amide bonds. The first kappa shape index (κ1) is 15.9. The minimum absolute atomic E-state index is 0.435. The highest BCUT2D eigenvalue weighted by Crippen LogP contribution is 2.37. The third kappa shape index (κ3) is 2.48. The highest BCUT2D eigenvalue weighted by Gasteiger charge is 2.17. The minimum atomic E-state index is -1.85. The van der Waals surface area contributed by atoms with Gasteiger partial charge < -0.3 is 19.3 Å². The third-order valence-electron chi connectivity index (χ3n) is 4.91. The Kier molecular flexibility index (Phi) is 3.64. The summed E-state index contributed by atoms with van der Waals surface area (Å²) < 4.78 is 7.42. The van der Waals surface area contributed by atoms with Crippen LogP contribution in [-0.2, 0) is 0 Å². The van der Waals surface area contributed by atoms with Crippen molar-refractivity contribution in [1.82, 2.24) is 4.57 Å². The predicted molar refractivity (Wildman–Crippen MR) is 109 cm³/mol. The van der Waals surface area contributed by atoms with Gasteiger partial charge >= 0.3 is 7.32 Å². The fourth-order valence-electron chi connectivity index (χ4n) is 3.85. The molecule has 4 aromatic carbocycles. The van der Waals surface area contributed by atoms with Crippen molar-refractivity contribution in [3.63, 3.8) is 0 Å². The zero-order valence-electron chi connectivity index (χ0n) is 14.4. The van der Waals surface area contributed by atoms with E-state index in [0.29, 0.717) is 5.75 Å². The summed E-state index contributed by atoms with van der Waals surface area (Å²) in [5.74, 6) is 0.435. The quantitative estimate of drug-likeness (QED) is 0.476. The van der Waals surface area contributed by atoms with E-state index in [4.69, 9.17) is 4.65 Å². The van der Waals surface area contributed by atoms with Crippen molar-refractivity contribution in [2.24, 2.45) is 0 Å². The van der Waals surface area contributed by atoms with Crippen LogP contribution in [0.15, 0.2) is 84.9 Å². The molecule has 0 bridgehead atoms. The molecule has 2 N–H and O–H groups in total. The van der Waals surface area contributed by atoms with Crippen molar-refractivity contribution >= 4 is 39.9 Å². The van der Waals surface area contributed by atoms with E-state index in [0.717, 1.165) is 27.5 Å². The summed E-state index contributed by atoms with van der Waals surface area (Å²) in [6, 6.07) is 28.2. The summed E-state index contributed by atoms with van der Waals surface area (Å²) >= 11 is 0. The van der Waals surface area contributed by atoms with Crippen molar-refractivity contribution in [3.05, 3.63) is 84.9 Å². The summed E-state index contributed by atoms with van der Waals surface area (Å²) in [6.45, 7) is 0. The van der Waals surface area contributed by atoms with E-state index in [-0.39, 0.29) is 0 Å². The summed E-state index contributed by atoms with van der Waals surface area (Å²) in [5, 5.41) is 22.7. The average molecular weight is 353 g/mol. The fraction of sp³-hybridized carbons (Fsp3) is 0. The fourth-order valence-corrected chi connectivity index (χ4v) is 3.85. The lowest BCUT2D eigenvalue weighted by atomic mass is 10.1. The van der Waals surface area contributed by atoms with Crippen molar-refractivity contribution in [3.8, 4) is 11.4 Å². The SMILES string of the molecule is OB(O)Oc1ccc(-n2c3ccccc3c3ccccc32)c2ccccc12. The lowest BCUT2D eigenvalue weighted by molar-refractivity contribution is 0.289. The van der Waals surface area contributed by atoms with Crippen LogP contribution in [-0.4, -0.2) is 21.9 Å². The molecule has 0 radical (unpaired) electrons. The van der Waals surface area contributed by atoms with Crippen LogP contribution in [0, 0.1) is 0 Å². The Bertz CT molecular complexity index is 1240. The van der Waals surface area contributed by atoms with E-state index >= 15 is 0 Å². The molecular formula is C22H16BNO3. The van der Waals surface area contributed by atoms with Gasteiger partial charge in [-0.1, -0.05) is 60.7 Å². The van der Waals surface area contributed by atoms with E-state index in [9.17, 15) is 10.0 Å². The summed E-state index contributed by atoms with van der Waals surface area (Å²) in [6.07, 6.45) is 0. The molecule has 0 aliphatic carbocycles. The van der Waals surface area contributed by atoms with Gasteiger partial charge in [0, 0.05) is 21.5 Å². The molecule has 4 nitrogen and oxygen atoms in total. The van der Waals surface area contributed by atoms with Crippen LogP contribution < -0.4 is 4.65 Å². The number of aromatic nitrogens is 1. The normalized spacial score (nSPS) is 11.3. The molecule has 5 aromatic rings. The van der Waals surface area contributed by atoms with Gasteiger partial charge in [0.2, 0.25) is 0 Å². The van der Waals surface area contributed by atoms with Gasteiger partial charge in [0.25, 0.3) is 0 Å². The number of hydrogen-bond acceptors (Lipinski definition) is 3.